The normalized spacial score (nSPS) is 21.1. The molecule has 0 amide bonds. The number of hydrogen-bond donors (Lipinski definition) is 2. The van der Waals surface area contributed by atoms with Crippen LogP contribution < -0.4 is 10.6 Å². The van der Waals surface area contributed by atoms with Crippen molar-refractivity contribution in [2.75, 3.05) is 19.6 Å². The van der Waals surface area contributed by atoms with E-state index in [0.29, 0.717) is 0 Å². The topological polar surface area (TPSA) is 37.2 Å². The van der Waals surface area contributed by atoms with Crippen molar-refractivity contribution in [3.63, 3.8) is 0 Å². The first kappa shape index (κ1) is 11.7. The molecule has 0 saturated carbocycles. The van der Waals surface area contributed by atoms with Gasteiger partial charge in [0.2, 0.25) is 0 Å². The molecule has 2 heterocycles. The molecule has 1 unspecified atom stereocenters. The molecule has 3 nitrogen and oxygen atoms in total. The molecular formula is C13H22N2O. The van der Waals surface area contributed by atoms with Crippen LogP contribution in [0.3, 0.4) is 0 Å². The Labute approximate surface area is 97.6 Å². The average Bonchev–Trinajstić information content (AvgIpc) is 2.83. The molecule has 1 saturated heterocycles. The van der Waals surface area contributed by atoms with Crippen LogP contribution in [0.25, 0.3) is 0 Å². The lowest BCUT2D eigenvalue weighted by atomic mass is 9.95. The third-order valence-corrected chi connectivity index (χ3v) is 3.27. The second-order valence-electron chi connectivity index (χ2n) is 4.66. The smallest absolute Gasteiger partial charge is 0.0947 e. The highest BCUT2D eigenvalue weighted by atomic mass is 16.3. The van der Waals surface area contributed by atoms with E-state index in [4.69, 9.17) is 4.42 Å². The summed E-state index contributed by atoms with van der Waals surface area (Å²) in [5, 5.41) is 6.91. The summed E-state index contributed by atoms with van der Waals surface area (Å²) in [5.41, 5.74) is 1.24. The van der Waals surface area contributed by atoms with E-state index in [1.54, 1.807) is 12.5 Å². The first-order chi connectivity index (χ1) is 7.95. The van der Waals surface area contributed by atoms with E-state index in [-0.39, 0.29) is 0 Å². The van der Waals surface area contributed by atoms with Crippen LogP contribution in [-0.2, 0) is 6.54 Å². The molecule has 0 bridgehead atoms. The van der Waals surface area contributed by atoms with Crippen molar-refractivity contribution in [1.82, 2.24) is 10.6 Å². The maximum absolute atomic E-state index is 5.02. The largest absolute Gasteiger partial charge is 0.472 e. The van der Waals surface area contributed by atoms with Gasteiger partial charge in [-0.1, -0.05) is 0 Å². The highest BCUT2D eigenvalue weighted by Gasteiger charge is 2.11. The van der Waals surface area contributed by atoms with Crippen LogP contribution in [0.15, 0.2) is 23.0 Å². The molecule has 1 aliphatic heterocycles. The molecule has 90 valence electrons. The Hall–Kier alpha value is -0.800. The average molecular weight is 222 g/mol. The van der Waals surface area contributed by atoms with Crippen LogP contribution in [-0.4, -0.2) is 19.6 Å². The zero-order chi connectivity index (χ0) is 11.1. The van der Waals surface area contributed by atoms with Crippen LogP contribution in [0.2, 0.25) is 0 Å². The molecule has 0 aromatic carbocycles. The molecule has 1 aromatic heterocycles. The van der Waals surface area contributed by atoms with Crippen molar-refractivity contribution in [2.24, 2.45) is 5.92 Å². The predicted molar refractivity (Wildman–Crippen MR) is 65.2 cm³/mol. The molecule has 2 rings (SSSR count). The van der Waals surface area contributed by atoms with Gasteiger partial charge in [0.15, 0.2) is 0 Å². The fourth-order valence-electron chi connectivity index (χ4n) is 2.31. The number of furan rings is 1. The summed E-state index contributed by atoms with van der Waals surface area (Å²) in [6, 6.07) is 2.01. The summed E-state index contributed by atoms with van der Waals surface area (Å²) in [7, 11) is 0. The lowest BCUT2D eigenvalue weighted by Crippen LogP contribution is -2.30. The van der Waals surface area contributed by atoms with Gasteiger partial charge in [-0.2, -0.15) is 0 Å². The molecule has 0 aliphatic carbocycles. The maximum atomic E-state index is 5.02. The van der Waals surface area contributed by atoms with E-state index in [0.717, 1.165) is 19.0 Å². The molecule has 3 heteroatoms. The second kappa shape index (κ2) is 6.71. The van der Waals surface area contributed by atoms with Gasteiger partial charge in [-0.3, -0.25) is 0 Å². The molecule has 1 atom stereocenters. The highest BCUT2D eigenvalue weighted by Crippen LogP contribution is 2.15. The number of hydrogen-bond acceptors (Lipinski definition) is 3. The Balaban J connectivity index is 1.48. The minimum atomic E-state index is 0.907. The SMILES string of the molecule is c1cc(CNCCCC2CCCNC2)co1. The summed E-state index contributed by atoms with van der Waals surface area (Å²) in [6.45, 7) is 4.48. The van der Waals surface area contributed by atoms with Gasteiger partial charge < -0.3 is 15.1 Å². The fraction of sp³-hybridized carbons (Fsp3) is 0.692. The van der Waals surface area contributed by atoms with Gasteiger partial charge in [0.1, 0.15) is 0 Å². The Morgan fingerprint density at radius 3 is 3.25 bits per heavy atom. The maximum Gasteiger partial charge on any atom is 0.0947 e. The van der Waals surface area contributed by atoms with Crippen LogP contribution in [0.5, 0.6) is 0 Å². The zero-order valence-electron chi connectivity index (χ0n) is 9.87. The van der Waals surface area contributed by atoms with Crippen LogP contribution in [0.4, 0.5) is 0 Å². The van der Waals surface area contributed by atoms with Crippen molar-refractivity contribution in [1.29, 1.82) is 0 Å². The summed E-state index contributed by atoms with van der Waals surface area (Å²) in [6.07, 6.45) is 8.93. The van der Waals surface area contributed by atoms with E-state index in [2.05, 4.69) is 10.6 Å². The molecule has 16 heavy (non-hydrogen) atoms. The number of nitrogens with one attached hydrogen (secondary N) is 2. The minimum absolute atomic E-state index is 0.907. The van der Waals surface area contributed by atoms with E-state index in [1.807, 2.05) is 6.07 Å². The molecule has 1 aromatic rings. The van der Waals surface area contributed by atoms with Crippen molar-refractivity contribution in [3.05, 3.63) is 24.2 Å². The van der Waals surface area contributed by atoms with Gasteiger partial charge in [-0.05, 0) is 57.3 Å². The molecule has 1 aliphatic rings. The molecular weight excluding hydrogens is 200 g/mol. The Kier molecular flexibility index (Phi) is 4.90. The standard InChI is InChI=1S/C13H22N2O/c1-3-12(9-14-6-1)4-2-7-15-10-13-5-8-16-11-13/h5,8,11-12,14-15H,1-4,6-7,9-10H2. The molecule has 0 radical (unpaired) electrons. The first-order valence-electron chi connectivity index (χ1n) is 6.37. The number of rotatable bonds is 6. The highest BCUT2D eigenvalue weighted by molar-refractivity contribution is 5.04. The Morgan fingerprint density at radius 2 is 2.50 bits per heavy atom. The Bertz CT molecular complexity index is 265. The summed E-state index contributed by atoms with van der Waals surface area (Å²) >= 11 is 0. The molecule has 1 fully saturated rings. The fourth-order valence-corrected chi connectivity index (χ4v) is 2.31. The predicted octanol–water partition coefficient (Wildman–Crippen LogP) is 2.15. The Morgan fingerprint density at radius 1 is 1.50 bits per heavy atom. The molecule has 2 N–H and O–H groups in total. The van der Waals surface area contributed by atoms with Crippen LogP contribution >= 0.6 is 0 Å². The van der Waals surface area contributed by atoms with Crippen molar-refractivity contribution in [2.45, 2.75) is 32.2 Å². The van der Waals surface area contributed by atoms with Crippen molar-refractivity contribution in [3.8, 4) is 0 Å². The van der Waals surface area contributed by atoms with Crippen molar-refractivity contribution >= 4 is 0 Å². The van der Waals surface area contributed by atoms with Gasteiger partial charge in [-0.15, -0.1) is 0 Å². The lowest BCUT2D eigenvalue weighted by molar-refractivity contribution is 0.348. The zero-order valence-corrected chi connectivity index (χ0v) is 9.87. The van der Waals surface area contributed by atoms with Gasteiger partial charge in [0, 0.05) is 12.1 Å². The minimum Gasteiger partial charge on any atom is -0.472 e. The van der Waals surface area contributed by atoms with Gasteiger partial charge in [-0.25, -0.2) is 0 Å². The summed E-state index contributed by atoms with van der Waals surface area (Å²) < 4.78 is 5.02. The van der Waals surface area contributed by atoms with E-state index >= 15 is 0 Å². The van der Waals surface area contributed by atoms with Gasteiger partial charge in [0.25, 0.3) is 0 Å². The second-order valence-corrected chi connectivity index (χ2v) is 4.66. The first-order valence-corrected chi connectivity index (χ1v) is 6.37. The van der Waals surface area contributed by atoms with Gasteiger partial charge in [0.05, 0.1) is 12.5 Å². The van der Waals surface area contributed by atoms with Crippen LogP contribution in [0, 0.1) is 5.92 Å². The van der Waals surface area contributed by atoms with Crippen LogP contribution in [0.1, 0.15) is 31.2 Å². The van der Waals surface area contributed by atoms with Crippen molar-refractivity contribution < 1.29 is 4.42 Å². The lowest BCUT2D eigenvalue weighted by Gasteiger charge is -2.22. The quantitative estimate of drug-likeness (QED) is 0.724. The monoisotopic (exact) mass is 222 g/mol. The summed E-state index contributed by atoms with van der Waals surface area (Å²) in [4.78, 5) is 0. The van der Waals surface area contributed by atoms with E-state index < -0.39 is 0 Å². The van der Waals surface area contributed by atoms with Gasteiger partial charge >= 0.3 is 0 Å². The molecule has 0 spiro atoms. The number of piperidine rings is 1. The summed E-state index contributed by atoms with van der Waals surface area (Å²) in [5.74, 6) is 0.907. The third-order valence-electron chi connectivity index (χ3n) is 3.27. The van der Waals surface area contributed by atoms with E-state index in [9.17, 15) is 0 Å². The third kappa shape index (κ3) is 3.99. The van der Waals surface area contributed by atoms with E-state index in [1.165, 1.54) is 44.3 Å².